The molecule has 2 heteroatoms. The topological polar surface area (TPSA) is 21.3 Å². The maximum atomic E-state index is 5.21. The van der Waals surface area contributed by atoms with E-state index in [1.807, 2.05) is 6.07 Å². The Kier molecular flexibility index (Phi) is 5.37. The fourth-order valence-electron chi connectivity index (χ4n) is 1.74. The van der Waals surface area contributed by atoms with Gasteiger partial charge in [0.15, 0.2) is 0 Å². The molecular formula is C13H21NO. The molecule has 1 N–H and O–H groups in total. The number of nitrogens with one attached hydrogen (secondary N) is 1. The second kappa shape index (κ2) is 6.59. The van der Waals surface area contributed by atoms with Crippen LogP contribution in [0, 0.1) is 0 Å². The van der Waals surface area contributed by atoms with Crippen LogP contribution in [0.25, 0.3) is 0 Å². The van der Waals surface area contributed by atoms with Gasteiger partial charge in [-0.1, -0.05) is 44.2 Å². The van der Waals surface area contributed by atoms with E-state index in [9.17, 15) is 0 Å². The Bertz CT molecular complexity index is 258. The van der Waals surface area contributed by atoms with Gasteiger partial charge in [-0.2, -0.15) is 0 Å². The Morgan fingerprint density at radius 3 is 2.40 bits per heavy atom. The lowest BCUT2D eigenvalue weighted by atomic mass is 10.1. The molecule has 0 heterocycles. The number of rotatable bonds is 6. The summed E-state index contributed by atoms with van der Waals surface area (Å²) in [6.45, 7) is 5.08. The number of ether oxygens (including phenoxy) is 1. The summed E-state index contributed by atoms with van der Waals surface area (Å²) in [6.07, 6.45) is 1.02. The zero-order valence-electron chi connectivity index (χ0n) is 9.86. The lowest BCUT2D eigenvalue weighted by Gasteiger charge is -2.20. The standard InChI is InChI=1S/C13H21NO/c1-11(2)14-13(10-15-3)9-12-7-5-4-6-8-12/h4-8,11,13-14H,9-10H2,1-3H3/t13-/m0/s1. The van der Waals surface area contributed by atoms with Gasteiger partial charge in [0.05, 0.1) is 6.61 Å². The Balaban J connectivity index is 2.50. The van der Waals surface area contributed by atoms with Crippen molar-refractivity contribution < 1.29 is 4.74 Å². The molecule has 1 atom stereocenters. The van der Waals surface area contributed by atoms with E-state index < -0.39 is 0 Å². The summed E-state index contributed by atoms with van der Waals surface area (Å²) in [6, 6.07) is 11.4. The summed E-state index contributed by atoms with van der Waals surface area (Å²) in [5, 5.41) is 3.50. The van der Waals surface area contributed by atoms with Crippen LogP contribution in [0.1, 0.15) is 19.4 Å². The summed E-state index contributed by atoms with van der Waals surface area (Å²) in [4.78, 5) is 0. The summed E-state index contributed by atoms with van der Waals surface area (Å²) < 4.78 is 5.21. The molecule has 0 unspecified atom stereocenters. The average Bonchev–Trinajstić information content (AvgIpc) is 2.18. The number of hydrogen-bond acceptors (Lipinski definition) is 2. The zero-order valence-corrected chi connectivity index (χ0v) is 9.86. The van der Waals surface area contributed by atoms with Gasteiger partial charge in [0, 0.05) is 19.2 Å². The van der Waals surface area contributed by atoms with Crippen LogP contribution in [0.2, 0.25) is 0 Å². The summed E-state index contributed by atoms with van der Waals surface area (Å²) in [5.74, 6) is 0. The first-order chi connectivity index (χ1) is 7.22. The normalized spacial score (nSPS) is 13.1. The van der Waals surface area contributed by atoms with E-state index in [-0.39, 0.29) is 0 Å². The van der Waals surface area contributed by atoms with E-state index in [0.29, 0.717) is 12.1 Å². The van der Waals surface area contributed by atoms with Crippen LogP contribution in [0.5, 0.6) is 0 Å². The minimum atomic E-state index is 0.400. The van der Waals surface area contributed by atoms with Gasteiger partial charge in [0.1, 0.15) is 0 Å². The predicted molar refractivity (Wildman–Crippen MR) is 64.1 cm³/mol. The Morgan fingerprint density at radius 2 is 1.87 bits per heavy atom. The molecule has 0 fully saturated rings. The molecule has 0 bridgehead atoms. The smallest absolute Gasteiger partial charge is 0.0619 e. The van der Waals surface area contributed by atoms with E-state index in [0.717, 1.165) is 13.0 Å². The van der Waals surface area contributed by atoms with Crippen LogP contribution < -0.4 is 5.32 Å². The van der Waals surface area contributed by atoms with Gasteiger partial charge < -0.3 is 10.1 Å². The van der Waals surface area contributed by atoms with Crippen molar-refractivity contribution in [1.29, 1.82) is 0 Å². The van der Waals surface area contributed by atoms with Crippen LogP contribution >= 0.6 is 0 Å². The fraction of sp³-hybridized carbons (Fsp3) is 0.538. The lowest BCUT2D eigenvalue weighted by molar-refractivity contribution is 0.162. The highest BCUT2D eigenvalue weighted by Gasteiger charge is 2.09. The van der Waals surface area contributed by atoms with Gasteiger partial charge in [-0.25, -0.2) is 0 Å². The maximum Gasteiger partial charge on any atom is 0.0619 e. The largest absolute Gasteiger partial charge is 0.383 e. The third-order valence-corrected chi connectivity index (χ3v) is 2.26. The van der Waals surface area contributed by atoms with E-state index in [1.165, 1.54) is 5.56 Å². The van der Waals surface area contributed by atoms with Crippen LogP contribution in [-0.4, -0.2) is 25.8 Å². The number of hydrogen-bond donors (Lipinski definition) is 1. The molecule has 0 saturated heterocycles. The van der Waals surface area contributed by atoms with E-state index >= 15 is 0 Å². The zero-order chi connectivity index (χ0) is 11.1. The lowest BCUT2D eigenvalue weighted by Crippen LogP contribution is -2.39. The molecule has 84 valence electrons. The maximum absolute atomic E-state index is 5.21. The Labute approximate surface area is 92.6 Å². The molecule has 0 saturated carbocycles. The third kappa shape index (κ3) is 4.96. The predicted octanol–water partition coefficient (Wildman–Crippen LogP) is 2.24. The average molecular weight is 207 g/mol. The van der Waals surface area contributed by atoms with E-state index in [1.54, 1.807) is 7.11 Å². The molecule has 0 amide bonds. The van der Waals surface area contributed by atoms with Gasteiger partial charge in [0.2, 0.25) is 0 Å². The van der Waals surface area contributed by atoms with Gasteiger partial charge in [0.25, 0.3) is 0 Å². The third-order valence-electron chi connectivity index (χ3n) is 2.26. The summed E-state index contributed by atoms with van der Waals surface area (Å²) >= 11 is 0. The van der Waals surface area contributed by atoms with Gasteiger partial charge >= 0.3 is 0 Å². The monoisotopic (exact) mass is 207 g/mol. The quantitative estimate of drug-likeness (QED) is 0.772. The van der Waals surface area contributed by atoms with E-state index in [2.05, 4.69) is 43.4 Å². The minimum absolute atomic E-state index is 0.400. The second-order valence-electron chi connectivity index (χ2n) is 4.16. The first-order valence-corrected chi connectivity index (χ1v) is 5.51. The van der Waals surface area contributed by atoms with Gasteiger partial charge in [-0.3, -0.25) is 0 Å². The first kappa shape index (κ1) is 12.2. The highest BCUT2D eigenvalue weighted by Crippen LogP contribution is 2.04. The molecule has 1 aromatic carbocycles. The molecule has 15 heavy (non-hydrogen) atoms. The van der Waals surface area contributed by atoms with Crippen molar-refractivity contribution in [2.75, 3.05) is 13.7 Å². The van der Waals surface area contributed by atoms with Crippen molar-refractivity contribution in [2.45, 2.75) is 32.4 Å². The van der Waals surface area contributed by atoms with Crippen molar-refractivity contribution in [3.8, 4) is 0 Å². The van der Waals surface area contributed by atoms with Crippen LogP contribution in [-0.2, 0) is 11.2 Å². The molecular weight excluding hydrogens is 186 g/mol. The molecule has 1 rings (SSSR count). The highest BCUT2D eigenvalue weighted by molar-refractivity contribution is 5.15. The van der Waals surface area contributed by atoms with Gasteiger partial charge in [-0.15, -0.1) is 0 Å². The molecule has 0 radical (unpaired) electrons. The molecule has 0 aromatic heterocycles. The Hall–Kier alpha value is -0.860. The molecule has 0 aliphatic heterocycles. The van der Waals surface area contributed by atoms with Crippen LogP contribution in [0.3, 0.4) is 0 Å². The fourth-order valence-corrected chi connectivity index (χ4v) is 1.74. The number of benzene rings is 1. The number of methoxy groups -OCH3 is 1. The molecule has 0 aliphatic carbocycles. The molecule has 2 nitrogen and oxygen atoms in total. The van der Waals surface area contributed by atoms with Crippen molar-refractivity contribution in [2.24, 2.45) is 0 Å². The molecule has 1 aromatic rings. The Morgan fingerprint density at radius 1 is 1.20 bits per heavy atom. The van der Waals surface area contributed by atoms with Crippen LogP contribution in [0.15, 0.2) is 30.3 Å². The minimum Gasteiger partial charge on any atom is -0.383 e. The molecule has 0 spiro atoms. The van der Waals surface area contributed by atoms with Crippen molar-refractivity contribution in [3.05, 3.63) is 35.9 Å². The van der Waals surface area contributed by atoms with Crippen molar-refractivity contribution in [3.63, 3.8) is 0 Å². The van der Waals surface area contributed by atoms with Crippen molar-refractivity contribution in [1.82, 2.24) is 5.32 Å². The highest BCUT2D eigenvalue weighted by atomic mass is 16.5. The first-order valence-electron chi connectivity index (χ1n) is 5.51. The SMILES string of the molecule is COC[C@H](Cc1ccccc1)NC(C)C. The van der Waals surface area contributed by atoms with Crippen molar-refractivity contribution >= 4 is 0 Å². The van der Waals surface area contributed by atoms with Crippen LogP contribution in [0.4, 0.5) is 0 Å². The van der Waals surface area contributed by atoms with E-state index in [4.69, 9.17) is 4.74 Å². The molecule has 0 aliphatic rings. The van der Waals surface area contributed by atoms with Gasteiger partial charge in [-0.05, 0) is 12.0 Å². The summed E-state index contributed by atoms with van der Waals surface area (Å²) in [5.41, 5.74) is 1.35. The second-order valence-corrected chi connectivity index (χ2v) is 4.16. The summed E-state index contributed by atoms with van der Waals surface area (Å²) in [7, 11) is 1.75.